The summed E-state index contributed by atoms with van der Waals surface area (Å²) in [4.78, 5) is 22.5. The molecule has 0 saturated carbocycles. The van der Waals surface area contributed by atoms with Crippen molar-refractivity contribution < 1.29 is 18.7 Å². The predicted molar refractivity (Wildman–Crippen MR) is 61.4 cm³/mol. The zero-order valence-corrected chi connectivity index (χ0v) is 10.1. The van der Waals surface area contributed by atoms with Crippen LogP contribution in [-0.2, 0) is 20.7 Å². The first-order valence-electron chi connectivity index (χ1n) is 5.14. The number of hydrogen-bond acceptors (Lipinski definition) is 3. The van der Waals surface area contributed by atoms with Gasteiger partial charge in [0.1, 0.15) is 18.0 Å². The van der Waals surface area contributed by atoms with Gasteiger partial charge in [0.05, 0.1) is 11.6 Å². The molecule has 0 N–H and O–H groups in total. The van der Waals surface area contributed by atoms with Crippen LogP contribution in [0.4, 0.5) is 4.39 Å². The molecule has 1 rings (SSSR count). The smallest absolute Gasteiger partial charge is 0.313 e. The van der Waals surface area contributed by atoms with E-state index in [1.165, 1.54) is 12.1 Å². The molecule has 17 heavy (non-hydrogen) atoms. The molecule has 0 bridgehead atoms. The van der Waals surface area contributed by atoms with Crippen LogP contribution < -0.4 is 0 Å². The van der Waals surface area contributed by atoms with E-state index in [4.69, 9.17) is 11.6 Å². The highest BCUT2D eigenvalue weighted by Crippen LogP contribution is 2.18. The van der Waals surface area contributed by atoms with Crippen molar-refractivity contribution in [2.24, 2.45) is 0 Å². The molecule has 3 nitrogen and oxygen atoms in total. The van der Waals surface area contributed by atoms with Crippen molar-refractivity contribution in [1.29, 1.82) is 0 Å². The molecule has 0 aliphatic rings. The minimum atomic E-state index is -0.619. The van der Waals surface area contributed by atoms with Crippen molar-refractivity contribution >= 4 is 23.4 Å². The van der Waals surface area contributed by atoms with Crippen molar-refractivity contribution in [3.05, 3.63) is 34.6 Å². The van der Waals surface area contributed by atoms with Crippen molar-refractivity contribution in [2.45, 2.75) is 19.8 Å². The Kier molecular flexibility index (Phi) is 5.10. The first kappa shape index (κ1) is 13.6. The first-order valence-corrected chi connectivity index (χ1v) is 5.52. The van der Waals surface area contributed by atoms with E-state index in [9.17, 15) is 14.0 Å². The van der Waals surface area contributed by atoms with Gasteiger partial charge in [-0.15, -0.1) is 0 Å². The number of ether oxygens (including phenoxy) is 1. The van der Waals surface area contributed by atoms with Gasteiger partial charge in [-0.1, -0.05) is 23.7 Å². The Morgan fingerprint density at radius 2 is 2.12 bits per heavy atom. The fourth-order valence-corrected chi connectivity index (χ4v) is 1.53. The maximum Gasteiger partial charge on any atom is 0.313 e. The van der Waals surface area contributed by atoms with Crippen molar-refractivity contribution in [3.63, 3.8) is 0 Å². The van der Waals surface area contributed by atoms with Gasteiger partial charge in [0, 0.05) is 6.42 Å². The van der Waals surface area contributed by atoms with Gasteiger partial charge in [0.25, 0.3) is 0 Å². The Hall–Kier alpha value is -1.42. The number of rotatable bonds is 5. The molecule has 1 aromatic carbocycles. The quantitative estimate of drug-likeness (QED) is 0.602. The summed E-state index contributed by atoms with van der Waals surface area (Å²) in [6.07, 6.45) is -0.509. The molecule has 0 aliphatic carbocycles. The second kappa shape index (κ2) is 6.35. The van der Waals surface area contributed by atoms with E-state index in [1.807, 2.05) is 0 Å². The van der Waals surface area contributed by atoms with Crippen LogP contribution in [0.25, 0.3) is 0 Å². The summed E-state index contributed by atoms with van der Waals surface area (Å²) in [5.74, 6) is -1.61. The maximum atomic E-state index is 13.4. The average Bonchev–Trinajstić information content (AvgIpc) is 2.25. The minimum absolute atomic E-state index is 0.0357. The summed E-state index contributed by atoms with van der Waals surface area (Å²) in [5.41, 5.74) is 0.187. The lowest BCUT2D eigenvalue weighted by Crippen LogP contribution is -2.13. The van der Waals surface area contributed by atoms with Crippen LogP contribution in [0.2, 0.25) is 5.02 Å². The van der Waals surface area contributed by atoms with Crippen LogP contribution in [-0.4, -0.2) is 18.4 Å². The second-order valence-electron chi connectivity index (χ2n) is 3.41. The molecule has 0 fully saturated rings. The molecule has 0 radical (unpaired) electrons. The molecule has 0 aliphatic heterocycles. The summed E-state index contributed by atoms with van der Waals surface area (Å²) >= 11 is 5.57. The number of halogens is 2. The Morgan fingerprint density at radius 3 is 2.76 bits per heavy atom. The molecule has 1 aromatic rings. The molecular formula is C12H12ClFO3. The monoisotopic (exact) mass is 258 g/mol. The van der Waals surface area contributed by atoms with Crippen LogP contribution in [0, 0.1) is 5.82 Å². The van der Waals surface area contributed by atoms with Crippen LogP contribution in [0.3, 0.4) is 0 Å². The lowest BCUT2D eigenvalue weighted by atomic mass is 10.1. The molecule has 0 spiro atoms. The van der Waals surface area contributed by atoms with Crippen LogP contribution >= 0.6 is 11.6 Å². The standard InChI is InChI=1S/C12H12ClFO3/c1-2-17-11(16)7-9(15)6-8-4-3-5-10(13)12(8)14/h3-5H,2,6-7H2,1H3. The largest absolute Gasteiger partial charge is 0.466 e. The number of hydrogen-bond donors (Lipinski definition) is 0. The van der Waals surface area contributed by atoms with Crippen LogP contribution in [0.15, 0.2) is 18.2 Å². The van der Waals surface area contributed by atoms with Gasteiger partial charge >= 0.3 is 5.97 Å². The zero-order chi connectivity index (χ0) is 12.8. The average molecular weight is 259 g/mol. The van der Waals surface area contributed by atoms with Gasteiger partial charge in [-0.25, -0.2) is 4.39 Å². The van der Waals surface area contributed by atoms with Gasteiger partial charge in [-0.2, -0.15) is 0 Å². The van der Waals surface area contributed by atoms with E-state index in [1.54, 1.807) is 13.0 Å². The predicted octanol–water partition coefficient (Wildman–Crippen LogP) is 2.54. The van der Waals surface area contributed by atoms with E-state index in [0.29, 0.717) is 0 Å². The third-order valence-electron chi connectivity index (χ3n) is 2.07. The summed E-state index contributed by atoms with van der Waals surface area (Å²) in [7, 11) is 0. The molecule has 5 heteroatoms. The third-order valence-corrected chi connectivity index (χ3v) is 2.36. The number of benzene rings is 1. The van der Waals surface area contributed by atoms with Gasteiger partial charge in [-0.3, -0.25) is 9.59 Å². The Morgan fingerprint density at radius 1 is 1.41 bits per heavy atom. The highest BCUT2D eigenvalue weighted by atomic mass is 35.5. The molecule has 0 saturated heterocycles. The van der Waals surface area contributed by atoms with Gasteiger partial charge < -0.3 is 4.74 Å². The SMILES string of the molecule is CCOC(=O)CC(=O)Cc1cccc(Cl)c1F. The van der Waals surface area contributed by atoms with E-state index in [2.05, 4.69) is 4.74 Å². The Bertz CT molecular complexity index is 432. The molecule has 0 unspecified atom stereocenters. The number of carbonyl (C=O) groups excluding carboxylic acids is 2. The fourth-order valence-electron chi connectivity index (χ4n) is 1.33. The summed E-state index contributed by atoms with van der Waals surface area (Å²) in [6, 6.07) is 4.42. The van der Waals surface area contributed by atoms with Crippen molar-refractivity contribution in [3.8, 4) is 0 Å². The first-order chi connectivity index (χ1) is 8.04. The minimum Gasteiger partial charge on any atom is -0.466 e. The summed E-state index contributed by atoms with van der Waals surface area (Å²) in [6.45, 7) is 1.87. The summed E-state index contributed by atoms with van der Waals surface area (Å²) in [5, 5.41) is -0.0357. The zero-order valence-electron chi connectivity index (χ0n) is 9.33. The van der Waals surface area contributed by atoms with Gasteiger partial charge in [-0.05, 0) is 18.6 Å². The Balaban J connectivity index is 2.62. The lowest BCUT2D eigenvalue weighted by Gasteiger charge is -2.04. The van der Waals surface area contributed by atoms with E-state index >= 15 is 0 Å². The normalized spacial score (nSPS) is 10.1. The second-order valence-corrected chi connectivity index (χ2v) is 3.82. The number of ketones is 1. The van der Waals surface area contributed by atoms with Crippen molar-refractivity contribution in [1.82, 2.24) is 0 Å². The molecule has 0 amide bonds. The number of carbonyl (C=O) groups is 2. The topological polar surface area (TPSA) is 43.4 Å². The molecule has 0 aromatic heterocycles. The van der Waals surface area contributed by atoms with Gasteiger partial charge in [0.2, 0.25) is 0 Å². The maximum absolute atomic E-state index is 13.4. The molecule has 0 heterocycles. The lowest BCUT2D eigenvalue weighted by molar-refractivity contribution is -0.145. The molecular weight excluding hydrogens is 247 g/mol. The third kappa shape index (κ3) is 4.15. The highest BCUT2D eigenvalue weighted by molar-refractivity contribution is 6.30. The summed E-state index contributed by atoms with van der Waals surface area (Å²) < 4.78 is 18.1. The highest BCUT2D eigenvalue weighted by Gasteiger charge is 2.14. The van der Waals surface area contributed by atoms with Gasteiger partial charge in [0.15, 0.2) is 0 Å². The fraction of sp³-hybridized carbons (Fsp3) is 0.333. The number of esters is 1. The Labute approximate surface area is 104 Å². The number of Topliss-reactive ketones (excluding diaryl/α,β-unsaturated/α-hetero) is 1. The van der Waals surface area contributed by atoms with E-state index in [0.717, 1.165) is 0 Å². The van der Waals surface area contributed by atoms with E-state index < -0.39 is 17.6 Å². The van der Waals surface area contributed by atoms with Crippen LogP contribution in [0.1, 0.15) is 18.9 Å². The van der Waals surface area contributed by atoms with Crippen molar-refractivity contribution in [2.75, 3.05) is 6.61 Å². The van der Waals surface area contributed by atoms with Crippen LogP contribution in [0.5, 0.6) is 0 Å². The molecule has 0 atom stereocenters. The molecule has 92 valence electrons. The van der Waals surface area contributed by atoms with E-state index in [-0.39, 0.29) is 30.0 Å².